The summed E-state index contributed by atoms with van der Waals surface area (Å²) in [4.78, 5) is 36.9. The standard InChI is InChI=1S/C18H23ClN2O4/c1-11-9-13(14(19)10-12(11)2)15-16(22)18(21(25-4)17(15)23)5-7-20(24-3)8-6-18/h9-10,15H,5-8H2,1-4H3. The maximum atomic E-state index is 13.3. The number of rotatable bonds is 3. The first kappa shape index (κ1) is 18.3. The number of aryl methyl sites for hydroxylation is 2. The van der Waals surface area contributed by atoms with Crippen LogP contribution in [0.5, 0.6) is 0 Å². The van der Waals surface area contributed by atoms with E-state index in [1.807, 2.05) is 26.0 Å². The molecular weight excluding hydrogens is 344 g/mol. The monoisotopic (exact) mass is 366 g/mol. The smallest absolute Gasteiger partial charge is 0.262 e. The highest BCUT2D eigenvalue weighted by Crippen LogP contribution is 2.44. The topological polar surface area (TPSA) is 59.1 Å². The summed E-state index contributed by atoms with van der Waals surface area (Å²) < 4.78 is 0. The lowest BCUT2D eigenvalue weighted by molar-refractivity contribution is -0.219. The Morgan fingerprint density at radius 2 is 1.68 bits per heavy atom. The first-order valence-electron chi connectivity index (χ1n) is 8.34. The highest BCUT2D eigenvalue weighted by molar-refractivity contribution is 6.32. The van der Waals surface area contributed by atoms with Crippen molar-refractivity contribution >= 4 is 23.3 Å². The summed E-state index contributed by atoms with van der Waals surface area (Å²) in [5.41, 5.74) is 1.64. The zero-order valence-corrected chi connectivity index (χ0v) is 15.7. The molecule has 1 aromatic rings. The number of halogens is 1. The molecule has 0 saturated carbocycles. The van der Waals surface area contributed by atoms with Crippen LogP contribution in [-0.2, 0) is 19.3 Å². The Hall–Kier alpha value is -1.47. The van der Waals surface area contributed by atoms with Gasteiger partial charge >= 0.3 is 0 Å². The minimum atomic E-state index is -0.951. The third-order valence-corrected chi connectivity index (χ3v) is 5.80. The molecule has 136 valence electrons. The quantitative estimate of drug-likeness (QED) is 0.769. The Labute approximate surface area is 152 Å². The summed E-state index contributed by atoms with van der Waals surface area (Å²) in [6.07, 6.45) is 0.941. The number of nitrogens with zero attached hydrogens (tertiary/aromatic N) is 2. The Kier molecular flexibility index (Phi) is 4.90. The van der Waals surface area contributed by atoms with E-state index in [-0.39, 0.29) is 11.7 Å². The number of benzene rings is 1. The van der Waals surface area contributed by atoms with E-state index in [4.69, 9.17) is 21.3 Å². The van der Waals surface area contributed by atoms with Crippen molar-refractivity contribution in [2.24, 2.45) is 0 Å². The molecule has 2 fully saturated rings. The molecule has 2 heterocycles. The summed E-state index contributed by atoms with van der Waals surface area (Å²) in [6.45, 7) is 5.01. The summed E-state index contributed by atoms with van der Waals surface area (Å²) >= 11 is 6.38. The van der Waals surface area contributed by atoms with Crippen molar-refractivity contribution in [1.82, 2.24) is 10.1 Å². The van der Waals surface area contributed by atoms with Gasteiger partial charge in [0.25, 0.3) is 5.91 Å². The van der Waals surface area contributed by atoms with Crippen LogP contribution < -0.4 is 0 Å². The second-order valence-electron chi connectivity index (χ2n) is 6.71. The average molecular weight is 367 g/mol. The van der Waals surface area contributed by atoms with Gasteiger partial charge in [-0.2, -0.15) is 5.06 Å². The minimum Gasteiger partial charge on any atom is -0.302 e. The molecule has 0 bridgehead atoms. The van der Waals surface area contributed by atoms with Gasteiger partial charge in [0.05, 0.1) is 14.2 Å². The van der Waals surface area contributed by atoms with Crippen LogP contribution in [0.3, 0.4) is 0 Å². The maximum absolute atomic E-state index is 13.3. The molecular formula is C18H23ClN2O4. The number of carbonyl (C=O) groups excluding carboxylic acids is 2. The number of hydrogen-bond acceptors (Lipinski definition) is 5. The third-order valence-electron chi connectivity index (χ3n) is 5.47. The van der Waals surface area contributed by atoms with Gasteiger partial charge in [0.1, 0.15) is 11.5 Å². The minimum absolute atomic E-state index is 0.139. The molecule has 0 N–H and O–H groups in total. The lowest BCUT2D eigenvalue weighted by Crippen LogP contribution is -2.55. The lowest BCUT2D eigenvalue weighted by atomic mass is 9.80. The molecule has 1 atom stereocenters. The van der Waals surface area contributed by atoms with Crippen LogP contribution in [0.4, 0.5) is 0 Å². The molecule has 2 aliphatic rings. The first-order chi connectivity index (χ1) is 11.9. The van der Waals surface area contributed by atoms with Crippen molar-refractivity contribution in [2.75, 3.05) is 27.3 Å². The second-order valence-corrected chi connectivity index (χ2v) is 7.12. The maximum Gasteiger partial charge on any atom is 0.262 e. The van der Waals surface area contributed by atoms with Gasteiger partial charge in [0, 0.05) is 18.1 Å². The van der Waals surface area contributed by atoms with E-state index in [0.717, 1.165) is 11.1 Å². The van der Waals surface area contributed by atoms with Crippen LogP contribution in [0.15, 0.2) is 12.1 Å². The van der Waals surface area contributed by atoms with Crippen LogP contribution in [0.2, 0.25) is 5.02 Å². The molecule has 1 amide bonds. The molecule has 3 rings (SSSR count). The van der Waals surface area contributed by atoms with Crippen molar-refractivity contribution in [3.63, 3.8) is 0 Å². The average Bonchev–Trinajstić information content (AvgIpc) is 2.79. The normalized spacial score (nSPS) is 23.7. The van der Waals surface area contributed by atoms with E-state index in [0.29, 0.717) is 36.5 Å². The van der Waals surface area contributed by atoms with Crippen molar-refractivity contribution in [2.45, 2.75) is 38.1 Å². The van der Waals surface area contributed by atoms with Gasteiger partial charge in [-0.15, -0.1) is 0 Å². The SMILES string of the molecule is CON1CCC2(CC1)C(=O)C(c1cc(C)c(C)cc1Cl)C(=O)N2OC. The Bertz CT molecular complexity index is 713. The van der Waals surface area contributed by atoms with E-state index in [9.17, 15) is 9.59 Å². The highest BCUT2D eigenvalue weighted by Gasteiger charge is 2.60. The van der Waals surface area contributed by atoms with E-state index in [1.54, 1.807) is 12.2 Å². The molecule has 25 heavy (non-hydrogen) atoms. The van der Waals surface area contributed by atoms with Crippen molar-refractivity contribution < 1.29 is 19.3 Å². The number of amides is 1. The van der Waals surface area contributed by atoms with Crippen molar-refractivity contribution in [3.05, 3.63) is 33.8 Å². The van der Waals surface area contributed by atoms with Gasteiger partial charge in [0.2, 0.25) is 0 Å². The first-order valence-corrected chi connectivity index (χ1v) is 8.71. The molecule has 0 radical (unpaired) electrons. The van der Waals surface area contributed by atoms with Gasteiger partial charge in [-0.3, -0.25) is 14.4 Å². The predicted molar refractivity (Wildman–Crippen MR) is 93.1 cm³/mol. The number of piperidine rings is 1. The molecule has 1 unspecified atom stereocenters. The van der Waals surface area contributed by atoms with Crippen LogP contribution in [0.25, 0.3) is 0 Å². The molecule has 6 nitrogen and oxygen atoms in total. The summed E-state index contributed by atoms with van der Waals surface area (Å²) in [5.74, 6) is -1.40. The van der Waals surface area contributed by atoms with Gasteiger partial charge in [-0.05, 0) is 49.4 Å². The molecule has 2 saturated heterocycles. The molecule has 0 aliphatic carbocycles. The van der Waals surface area contributed by atoms with E-state index >= 15 is 0 Å². The second kappa shape index (κ2) is 6.68. The van der Waals surface area contributed by atoms with Crippen molar-refractivity contribution in [3.8, 4) is 0 Å². The van der Waals surface area contributed by atoms with Crippen LogP contribution in [0.1, 0.15) is 35.4 Å². The van der Waals surface area contributed by atoms with Gasteiger partial charge in [0.15, 0.2) is 5.78 Å². The Balaban J connectivity index is 2.02. The van der Waals surface area contributed by atoms with E-state index < -0.39 is 11.5 Å². The zero-order valence-electron chi connectivity index (χ0n) is 15.0. The Morgan fingerprint density at radius 3 is 2.24 bits per heavy atom. The third kappa shape index (κ3) is 2.77. The van der Waals surface area contributed by atoms with Crippen molar-refractivity contribution in [1.29, 1.82) is 0 Å². The fourth-order valence-electron chi connectivity index (χ4n) is 3.86. The van der Waals surface area contributed by atoms with E-state index in [1.165, 1.54) is 12.2 Å². The van der Waals surface area contributed by atoms with Gasteiger partial charge < -0.3 is 4.84 Å². The number of ketones is 1. The predicted octanol–water partition coefficient (Wildman–Crippen LogP) is 2.41. The fourth-order valence-corrected chi connectivity index (χ4v) is 4.19. The van der Waals surface area contributed by atoms with Crippen LogP contribution in [-0.4, -0.2) is 54.7 Å². The number of carbonyl (C=O) groups is 2. The molecule has 0 aromatic heterocycles. The van der Waals surface area contributed by atoms with Gasteiger partial charge in [-0.1, -0.05) is 17.7 Å². The molecule has 1 aromatic carbocycles. The number of hydroxylamine groups is 4. The summed E-state index contributed by atoms with van der Waals surface area (Å²) in [7, 11) is 3.03. The summed E-state index contributed by atoms with van der Waals surface area (Å²) in [5, 5.41) is 3.49. The highest BCUT2D eigenvalue weighted by atomic mass is 35.5. The fraction of sp³-hybridized carbons (Fsp3) is 0.556. The van der Waals surface area contributed by atoms with Crippen LogP contribution >= 0.6 is 11.6 Å². The Morgan fingerprint density at radius 1 is 1.08 bits per heavy atom. The molecule has 2 aliphatic heterocycles. The number of hydrogen-bond donors (Lipinski definition) is 0. The van der Waals surface area contributed by atoms with Gasteiger partial charge in [-0.25, -0.2) is 5.06 Å². The summed E-state index contributed by atoms with van der Waals surface area (Å²) in [6, 6.07) is 3.65. The van der Waals surface area contributed by atoms with E-state index in [2.05, 4.69) is 0 Å². The zero-order chi connectivity index (χ0) is 18.4. The molecule has 1 spiro atoms. The number of Topliss-reactive ketones (excluding diaryl/α,β-unsaturated/α-hetero) is 1. The largest absolute Gasteiger partial charge is 0.302 e. The van der Waals surface area contributed by atoms with Crippen LogP contribution in [0, 0.1) is 13.8 Å². The molecule has 7 heteroatoms. The lowest BCUT2D eigenvalue weighted by Gasteiger charge is -2.40.